The van der Waals surface area contributed by atoms with E-state index in [-0.39, 0.29) is 17.5 Å². The Balaban J connectivity index is 1.34. The molecule has 0 saturated heterocycles. The lowest BCUT2D eigenvalue weighted by molar-refractivity contribution is 0.0935. The number of nitrogens with one attached hydrogen (secondary N) is 2. The van der Waals surface area contributed by atoms with Crippen LogP contribution < -0.4 is 10.6 Å². The summed E-state index contributed by atoms with van der Waals surface area (Å²) in [5, 5.41) is 13.3. The lowest BCUT2D eigenvalue weighted by Crippen LogP contribution is -2.27. The number of nitrogens with zero attached hydrogens (tertiary/aromatic N) is 1. The van der Waals surface area contributed by atoms with Crippen molar-refractivity contribution in [1.29, 1.82) is 0 Å². The van der Waals surface area contributed by atoms with E-state index < -0.39 is 0 Å². The number of aromatic nitrogens is 1. The van der Waals surface area contributed by atoms with Crippen molar-refractivity contribution >= 4 is 34.5 Å². The Morgan fingerprint density at radius 1 is 1.00 bits per heavy atom. The van der Waals surface area contributed by atoms with Crippen molar-refractivity contribution in [1.82, 2.24) is 15.8 Å². The Morgan fingerprint density at radius 2 is 1.72 bits per heavy atom. The highest BCUT2D eigenvalue weighted by atomic mass is 32.1. The molecular weight excluding hydrogens is 358 g/mol. The van der Waals surface area contributed by atoms with Gasteiger partial charge in [0.15, 0.2) is 11.5 Å². The number of hydrogen-bond acceptors (Lipinski definition) is 6. The largest absolute Gasteiger partial charge is 0.355 e. The molecule has 0 saturated carbocycles. The van der Waals surface area contributed by atoms with E-state index >= 15 is 0 Å². The summed E-state index contributed by atoms with van der Waals surface area (Å²) in [6.45, 7) is 1.11. The van der Waals surface area contributed by atoms with Crippen molar-refractivity contribution in [2.45, 2.75) is 12.8 Å². The molecule has 0 aliphatic heterocycles. The van der Waals surface area contributed by atoms with E-state index in [2.05, 4.69) is 15.8 Å². The fourth-order valence-corrected chi connectivity index (χ4v) is 3.47. The maximum Gasteiger partial charge on any atom is 0.273 e. The highest BCUT2D eigenvalue weighted by molar-refractivity contribution is 7.13. The first-order valence-corrected chi connectivity index (χ1v) is 9.60. The van der Waals surface area contributed by atoms with Gasteiger partial charge in [0, 0.05) is 19.2 Å². The predicted molar refractivity (Wildman–Crippen MR) is 98.0 cm³/mol. The average molecular weight is 375 g/mol. The molecule has 3 rings (SSSR count). The highest BCUT2D eigenvalue weighted by Gasteiger charge is 2.13. The van der Waals surface area contributed by atoms with Gasteiger partial charge in [0.05, 0.1) is 9.75 Å². The molecule has 0 spiro atoms. The first-order chi connectivity index (χ1) is 12.2. The molecule has 8 heteroatoms. The third kappa shape index (κ3) is 4.77. The van der Waals surface area contributed by atoms with E-state index in [1.807, 2.05) is 29.0 Å². The molecule has 3 aromatic rings. The van der Waals surface area contributed by atoms with Crippen LogP contribution in [0, 0.1) is 0 Å². The van der Waals surface area contributed by atoms with Crippen LogP contribution in [-0.4, -0.2) is 30.1 Å². The first-order valence-electron chi connectivity index (χ1n) is 7.84. The average Bonchev–Trinajstić information content (AvgIpc) is 3.37. The van der Waals surface area contributed by atoms with E-state index in [9.17, 15) is 9.59 Å². The second kappa shape index (κ2) is 8.59. The Hall–Kier alpha value is -2.45. The van der Waals surface area contributed by atoms with Gasteiger partial charge in [-0.3, -0.25) is 9.59 Å². The SMILES string of the molecule is O=C(NCCCCNC(=O)c1cccs1)c1cc(-c2cccs2)on1. The molecule has 3 aromatic heterocycles. The van der Waals surface area contributed by atoms with Crippen molar-refractivity contribution in [3.63, 3.8) is 0 Å². The van der Waals surface area contributed by atoms with E-state index in [1.165, 1.54) is 22.7 Å². The summed E-state index contributed by atoms with van der Waals surface area (Å²) in [5.74, 6) is 0.286. The van der Waals surface area contributed by atoms with Crippen LogP contribution in [0.5, 0.6) is 0 Å². The van der Waals surface area contributed by atoms with Gasteiger partial charge < -0.3 is 15.2 Å². The summed E-state index contributed by atoms with van der Waals surface area (Å²) < 4.78 is 5.19. The second-order valence-corrected chi connectivity index (χ2v) is 7.15. The van der Waals surface area contributed by atoms with Crippen molar-refractivity contribution in [3.8, 4) is 10.6 Å². The monoisotopic (exact) mass is 375 g/mol. The highest BCUT2D eigenvalue weighted by Crippen LogP contribution is 2.24. The fourth-order valence-electron chi connectivity index (χ4n) is 2.16. The molecule has 0 unspecified atom stereocenters. The van der Waals surface area contributed by atoms with Crippen LogP contribution in [0.15, 0.2) is 45.6 Å². The van der Waals surface area contributed by atoms with Crippen molar-refractivity contribution in [2.75, 3.05) is 13.1 Å². The molecule has 0 atom stereocenters. The molecule has 0 aromatic carbocycles. The van der Waals surface area contributed by atoms with E-state index in [1.54, 1.807) is 12.1 Å². The van der Waals surface area contributed by atoms with Gasteiger partial charge in [0.1, 0.15) is 0 Å². The van der Waals surface area contributed by atoms with Crippen molar-refractivity contribution < 1.29 is 14.1 Å². The van der Waals surface area contributed by atoms with Gasteiger partial charge >= 0.3 is 0 Å². The Morgan fingerprint density at radius 3 is 2.40 bits per heavy atom. The molecular formula is C17H17N3O3S2. The Bertz CT molecular complexity index is 810. The molecule has 6 nitrogen and oxygen atoms in total. The number of rotatable bonds is 8. The van der Waals surface area contributed by atoms with Gasteiger partial charge in [-0.15, -0.1) is 22.7 Å². The molecule has 0 fully saturated rings. The molecule has 3 heterocycles. The van der Waals surface area contributed by atoms with Crippen LogP contribution >= 0.6 is 22.7 Å². The van der Waals surface area contributed by atoms with Crippen LogP contribution in [0.4, 0.5) is 0 Å². The predicted octanol–water partition coefficient (Wildman–Crippen LogP) is 3.40. The minimum Gasteiger partial charge on any atom is -0.355 e. The maximum atomic E-state index is 12.0. The molecule has 2 amide bonds. The summed E-state index contributed by atoms with van der Waals surface area (Å²) in [6.07, 6.45) is 1.56. The molecule has 0 bridgehead atoms. The summed E-state index contributed by atoms with van der Waals surface area (Å²) in [5.41, 5.74) is 0.273. The molecule has 25 heavy (non-hydrogen) atoms. The molecule has 2 N–H and O–H groups in total. The zero-order valence-electron chi connectivity index (χ0n) is 13.4. The van der Waals surface area contributed by atoms with Crippen LogP contribution in [0.25, 0.3) is 10.6 Å². The second-order valence-electron chi connectivity index (χ2n) is 5.25. The van der Waals surface area contributed by atoms with Gasteiger partial charge in [-0.05, 0) is 35.7 Å². The van der Waals surface area contributed by atoms with E-state index in [0.29, 0.717) is 23.7 Å². The minimum absolute atomic E-state index is 0.0530. The van der Waals surface area contributed by atoms with Crippen LogP contribution in [0.2, 0.25) is 0 Å². The normalized spacial score (nSPS) is 10.6. The van der Waals surface area contributed by atoms with Crippen LogP contribution in [0.3, 0.4) is 0 Å². The zero-order valence-corrected chi connectivity index (χ0v) is 15.0. The lowest BCUT2D eigenvalue weighted by Gasteiger charge is -2.04. The lowest BCUT2D eigenvalue weighted by atomic mass is 10.3. The summed E-state index contributed by atoms with van der Waals surface area (Å²) >= 11 is 2.95. The summed E-state index contributed by atoms with van der Waals surface area (Å²) in [4.78, 5) is 25.4. The third-order valence-corrected chi connectivity index (χ3v) is 5.18. The molecule has 0 aliphatic rings. The first kappa shape index (κ1) is 17.4. The zero-order chi connectivity index (χ0) is 17.5. The van der Waals surface area contributed by atoms with Crippen LogP contribution in [-0.2, 0) is 0 Å². The number of amides is 2. The Labute approximate surface area is 152 Å². The van der Waals surface area contributed by atoms with Gasteiger partial charge in [0.25, 0.3) is 11.8 Å². The summed E-state index contributed by atoms with van der Waals surface area (Å²) in [7, 11) is 0. The standard InChI is InChI=1S/C17H17N3O3S2/c21-16(12-11-13(23-20-12)14-5-3-9-24-14)18-7-1-2-8-19-17(22)15-6-4-10-25-15/h3-6,9-11H,1-2,7-8H2,(H,18,21)(H,19,22). The summed E-state index contributed by atoms with van der Waals surface area (Å²) in [6, 6.07) is 9.12. The molecule has 0 radical (unpaired) electrons. The number of carbonyl (C=O) groups excluding carboxylic acids is 2. The number of carbonyl (C=O) groups is 2. The van der Waals surface area contributed by atoms with Crippen LogP contribution in [0.1, 0.15) is 33.0 Å². The molecule has 130 valence electrons. The van der Waals surface area contributed by atoms with Gasteiger partial charge in [0.2, 0.25) is 0 Å². The third-order valence-electron chi connectivity index (χ3n) is 3.43. The Kier molecular flexibility index (Phi) is 5.97. The van der Waals surface area contributed by atoms with Gasteiger partial charge in [-0.25, -0.2) is 0 Å². The number of hydrogen-bond donors (Lipinski definition) is 2. The quantitative estimate of drug-likeness (QED) is 0.591. The number of thiophene rings is 2. The smallest absolute Gasteiger partial charge is 0.273 e. The number of unbranched alkanes of at least 4 members (excludes halogenated alkanes) is 1. The minimum atomic E-state index is -0.255. The maximum absolute atomic E-state index is 12.0. The fraction of sp³-hybridized carbons (Fsp3) is 0.235. The van der Waals surface area contributed by atoms with E-state index in [4.69, 9.17) is 4.52 Å². The van der Waals surface area contributed by atoms with Crippen molar-refractivity contribution in [3.05, 3.63) is 51.7 Å². The van der Waals surface area contributed by atoms with Gasteiger partial charge in [-0.1, -0.05) is 17.3 Å². The van der Waals surface area contributed by atoms with Crippen molar-refractivity contribution in [2.24, 2.45) is 0 Å². The van der Waals surface area contributed by atoms with Gasteiger partial charge in [-0.2, -0.15) is 0 Å². The topological polar surface area (TPSA) is 84.2 Å². The van der Waals surface area contributed by atoms with E-state index in [0.717, 1.165) is 17.7 Å². The molecule has 0 aliphatic carbocycles.